The van der Waals surface area contributed by atoms with Gasteiger partial charge in [-0.05, 0) is 36.8 Å². The first-order valence-corrected chi connectivity index (χ1v) is 10.6. The third-order valence-electron chi connectivity index (χ3n) is 4.69. The number of ether oxygens (including phenoxy) is 1. The van der Waals surface area contributed by atoms with Crippen LogP contribution < -0.4 is 11.1 Å². The number of halogens is 1. The lowest BCUT2D eigenvalue weighted by molar-refractivity contribution is 0.183. The van der Waals surface area contributed by atoms with Gasteiger partial charge in [0.2, 0.25) is 0 Å². The highest BCUT2D eigenvalue weighted by Crippen LogP contribution is 2.23. The molecule has 0 spiro atoms. The van der Waals surface area contributed by atoms with Crippen molar-refractivity contribution in [1.29, 1.82) is 0 Å². The van der Waals surface area contributed by atoms with Crippen LogP contribution >= 0.6 is 23.4 Å². The lowest BCUT2D eigenvalue weighted by Crippen LogP contribution is -2.25. The van der Waals surface area contributed by atoms with Crippen LogP contribution in [0.3, 0.4) is 0 Å². The lowest BCUT2D eigenvalue weighted by Gasteiger charge is -2.13. The molecular formula is C21H19ClN4O3S. The molecule has 4 rings (SSSR count). The molecule has 0 N–H and O–H groups in total. The minimum atomic E-state index is -0.154. The SMILES string of the molecule is COCCn1c(SCc2cc(=O)n3cccc(C)c3n2)nc2cc(Cl)ccc2c1=O. The average molecular weight is 443 g/mol. The zero-order chi connectivity index (χ0) is 21.3. The molecule has 0 amide bonds. The highest BCUT2D eigenvalue weighted by atomic mass is 35.5. The second-order valence-electron chi connectivity index (χ2n) is 6.76. The van der Waals surface area contributed by atoms with Crippen LogP contribution in [0.1, 0.15) is 11.3 Å². The summed E-state index contributed by atoms with van der Waals surface area (Å²) in [5.74, 6) is 0.394. The Hall–Kier alpha value is -2.68. The van der Waals surface area contributed by atoms with Gasteiger partial charge in [0, 0.05) is 30.1 Å². The summed E-state index contributed by atoms with van der Waals surface area (Å²) < 4.78 is 8.26. The van der Waals surface area contributed by atoms with Crippen molar-refractivity contribution in [2.24, 2.45) is 0 Å². The number of rotatable bonds is 6. The van der Waals surface area contributed by atoms with E-state index in [4.69, 9.17) is 16.3 Å². The Morgan fingerprint density at radius 1 is 1.17 bits per heavy atom. The molecule has 1 aromatic carbocycles. The summed E-state index contributed by atoms with van der Waals surface area (Å²) in [7, 11) is 1.58. The monoisotopic (exact) mass is 442 g/mol. The smallest absolute Gasteiger partial charge is 0.262 e. The number of hydrogen-bond acceptors (Lipinski definition) is 6. The Morgan fingerprint density at radius 3 is 2.80 bits per heavy atom. The molecule has 4 aromatic rings. The molecule has 0 aliphatic carbocycles. The van der Waals surface area contributed by atoms with Crippen LogP contribution in [0.2, 0.25) is 5.02 Å². The first-order valence-electron chi connectivity index (χ1n) is 9.27. The van der Waals surface area contributed by atoms with Gasteiger partial charge in [-0.2, -0.15) is 0 Å². The fraction of sp³-hybridized carbons (Fsp3) is 0.238. The molecule has 0 saturated carbocycles. The van der Waals surface area contributed by atoms with E-state index in [1.165, 1.54) is 22.2 Å². The Bertz CT molecular complexity index is 1370. The van der Waals surface area contributed by atoms with Crippen LogP contribution in [0.5, 0.6) is 0 Å². The average Bonchev–Trinajstić information content (AvgIpc) is 2.72. The molecule has 154 valence electrons. The molecule has 0 saturated heterocycles. The Kier molecular flexibility index (Phi) is 5.90. The van der Waals surface area contributed by atoms with Gasteiger partial charge < -0.3 is 4.74 Å². The van der Waals surface area contributed by atoms with E-state index in [0.29, 0.717) is 51.3 Å². The number of aromatic nitrogens is 4. The molecule has 3 aromatic heterocycles. The van der Waals surface area contributed by atoms with E-state index in [-0.39, 0.29) is 11.1 Å². The number of thioether (sulfide) groups is 1. The molecule has 0 unspecified atom stereocenters. The van der Waals surface area contributed by atoms with Gasteiger partial charge >= 0.3 is 0 Å². The van der Waals surface area contributed by atoms with Gasteiger partial charge in [-0.1, -0.05) is 29.4 Å². The molecule has 0 radical (unpaired) electrons. The van der Waals surface area contributed by atoms with Crippen molar-refractivity contribution in [3.63, 3.8) is 0 Å². The topological polar surface area (TPSA) is 78.5 Å². The van der Waals surface area contributed by atoms with Gasteiger partial charge in [0.1, 0.15) is 5.65 Å². The summed E-state index contributed by atoms with van der Waals surface area (Å²) >= 11 is 7.44. The molecule has 3 heterocycles. The van der Waals surface area contributed by atoms with Crippen molar-refractivity contribution in [2.75, 3.05) is 13.7 Å². The van der Waals surface area contributed by atoms with Gasteiger partial charge in [-0.15, -0.1) is 0 Å². The maximum atomic E-state index is 13.0. The number of fused-ring (bicyclic) bond motifs is 2. The summed E-state index contributed by atoms with van der Waals surface area (Å²) in [6.07, 6.45) is 1.70. The van der Waals surface area contributed by atoms with Crippen molar-refractivity contribution in [2.45, 2.75) is 24.4 Å². The van der Waals surface area contributed by atoms with Gasteiger partial charge in [0.25, 0.3) is 11.1 Å². The third-order valence-corrected chi connectivity index (χ3v) is 5.93. The van der Waals surface area contributed by atoms with Gasteiger partial charge in [0.05, 0.1) is 29.7 Å². The van der Waals surface area contributed by atoms with E-state index < -0.39 is 0 Å². The molecule has 0 atom stereocenters. The predicted octanol–water partition coefficient (Wildman–Crippen LogP) is 3.30. The van der Waals surface area contributed by atoms with Gasteiger partial charge in [-0.3, -0.25) is 18.6 Å². The highest BCUT2D eigenvalue weighted by molar-refractivity contribution is 7.98. The van der Waals surface area contributed by atoms with E-state index >= 15 is 0 Å². The summed E-state index contributed by atoms with van der Waals surface area (Å²) in [6, 6.07) is 10.3. The first kappa shape index (κ1) is 20.6. The lowest BCUT2D eigenvalue weighted by atomic mass is 10.2. The quantitative estimate of drug-likeness (QED) is 0.337. The molecule has 7 nitrogen and oxygen atoms in total. The van der Waals surface area contributed by atoms with Crippen LogP contribution in [-0.4, -0.2) is 32.7 Å². The van der Waals surface area contributed by atoms with Crippen molar-refractivity contribution in [3.05, 3.63) is 79.6 Å². The van der Waals surface area contributed by atoms with Gasteiger partial charge in [-0.25, -0.2) is 9.97 Å². The highest BCUT2D eigenvalue weighted by Gasteiger charge is 2.13. The van der Waals surface area contributed by atoms with Crippen molar-refractivity contribution in [1.82, 2.24) is 18.9 Å². The maximum Gasteiger partial charge on any atom is 0.262 e. The van der Waals surface area contributed by atoms with E-state index in [9.17, 15) is 9.59 Å². The molecule has 30 heavy (non-hydrogen) atoms. The van der Waals surface area contributed by atoms with E-state index in [1.54, 1.807) is 36.1 Å². The van der Waals surface area contributed by atoms with Crippen molar-refractivity contribution >= 4 is 39.9 Å². The van der Waals surface area contributed by atoms with E-state index in [0.717, 1.165) is 5.56 Å². The summed E-state index contributed by atoms with van der Waals surface area (Å²) in [4.78, 5) is 34.7. The van der Waals surface area contributed by atoms with Gasteiger partial charge in [0.15, 0.2) is 5.16 Å². The summed E-state index contributed by atoms with van der Waals surface area (Å²) in [5.41, 5.74) is 2.39. The van der Waals surface area contributed by atoms with E-state index in [2.05, 4.69) is 9.97 Å². The zero-order valence-electron chi connectivity index (χ0n) is 16.5. The number of benzene rings is 1. The second-order valence-corrected chi connectivity index (χ2v) is 8.14. The third kappa shape index (κ3) is 3.98. The van der Waals surface area contributed by atoms with Crippen LogP contribution in [0, 0.1) is 6.92 Å². The van der Waals surface area contributed by atoms with Crippen LogP contribution in [0.4, 0.5) is 0 Å². The summed E-state index contributed by atoms with van der Waals surface area (Å²) in [6.45, 7) is 2.66. The largest absolute Gasteiger partial charge is 0.383 e. The number of aryl methyl sites for hydroxylation is 1. The number of nitrogens with zero attached hydrogens (tertiary/aromatic N) is 4. The van der Waals surface area contributed by atoms with Crippen molar-refractivity contribution < 1.29 is 4.74 Å². The molecule has 0 aliphatic rings. The van der Waals surface area contributed by atoms with Crippen LogP contribution in [0.25, 0.3) is 16.6 Å². The molecule has 0 bridgehead atoms. The second kappa shape index (κ2) is 8.59. The van der Waals surface area contributed by atoms with E-state index in [1.807, 2.05) is 19.1 Å². The number of methoxy groups -OCH3 is 1. The standard InChI is InChI=1S/C21H19ClN4O3S/c1-13-4-3-7-25-18(27)11-15(23-19(13)25)12-30-21-24-17-10-14(22)5-6-16(17)20(28)26(21)8-9-29-2/h3-7,10-11H,8-9,12H2,1-2H3. The Morgan fingerprint density at radius 2 is 2.00 bits per heavy atom. The predicted molar refractivity (Wildman–Crippen MR) is 119 cm³/mol. The minimum Gasteiger partial charge on any atom is -0.383 e. The maximum absolute atomic E-state index is 13.0. The zero-order valence-corrected chi connectivity index (χ0v) is 18.0. The molecule has 9 heteroatoms. The fourth-order valence-electron chi connectivity index (χ4n) is 3.19. The van der Waals surface area contributed by atoms with Crippen molar-refractivity contribution in [3.8, 4) is 0 Å². The molecule has 0 fully saturated rings. The minimum absolute atomic E-state index is 0.144. The number of pyridine rings is 1. The van der Waals surface area contributed by atoms with Crippen LogP contribution in [0.15, 0.2) is 57.3 Å². The molecular weight excluding hydrogens is 424 g/mol. The van der Waals surface area contributed by atoms with Crippen LogP contribution in [-0.2, 0) is 17.0 Å². The fourth-order valence-corrected chi connectivity index (χ4v) is 4.27. The summed E-state index contributed by atoms with van der Waals surface area (Å²) in [5, 5.41) is 1.54. The molecule has 0 aliphatic heterocycles. The number of hydrogen-bond donors (Lipinski definition) is 0. The Balaban J connectivity index is 1.74. The normalized spacial score (nSPS) is 11.4. The Labute approximate surface area is 181 Å². The first-order chi connectivity index (χ1) is 14.5.